The first kappa shape index (κ1) is 18.1. The van der Waals surface area contributed by atoms with Crippen LogP contribution in [0.1, 0.15) is 30.1 Å². The summed E-state index contributed by atoms with van der Waals surface area (Å²) in [5.41, 5.74) is 3.83. The molecule has 8 heteroatoms. The van der Waals surface area contributed by atoms with E-state index in [9.17, 15) is 8.78 Å². The van der Waals surface area contributed by atoms with E-state index in [1.165, 1.54) is 11.8 Å². The van der Waals surface area contributed by atoms with Gasteiger partial charge in [0.25, 0.3) is 0 Å². The topological polar surface area (TPSA) is 48.0 Å². The second-order valence-electron chi connectivity index (χ2n) is 6.89. The smallest absolute Gasteiger partial charge is 0.270 e. The van der Waals surface area contributed by atoms with Crippen molar-refractivity contribution in [3.8, 4) is 0 Å². The minimum atomic E-state index is -2.67. The Morgan fingerprint density at radius 1 is 0.966 bits per heavy atom. The number of imidazole rings is 1. The van der Waals surface area contributed by atoms with Gasteiger partial charge in [0.2, 0.25) is 0 Å². The predicted octanol–water partition coefficient (Wildman–Crippen LogP) is 5.79. The van der Waals surface area contributed by atoms with Crippen LogP contribution in [0.4, 0.5) is 8.78 Å². The largest absolute Gasteiger partial charge is 0.320 e. The van der Waals surface area contributed by atoms with Crippen LogP contribution < -0.4 is 0 Å². The van der Waals surface area contributed by atoms with Gasteiger partial charge in [0.15, 0.2) is 10.8 Å². The minimum Gasteiger partial charge on any atom is -0.270 e. The molecule has 0 saturated carbocycles. The third-order valence-electron chi connectivity index (χ3n) is 5.04. The maximum atomic E-state index is 13.8. The monoisotopic (exact) mass is 409 g/mol. The number of aryl methyl sites for hydroxylation is 1. The number of alkyl halides is 2. The van der Waals surface area contributed by atoms with Crippen LogP contribution in [0.2, 0.25) is 0 Å². The van der Waals surface area contributed by atoms with E-state index in [1.807, 2.05) is 42.5 Å². The molecule has 5 aromatic rings. The fourth-order valence-corrected chi connectivity index (χ4v) is 4.69. The molecule has 0 amide bonds. The zero-order valence-electron chi connectivity index (χ0n) is 15.8. The Labute approximate surface area is 169 Å². The van der Waals surface area contributed by atoms with Gasteiger partial charge in [0, 0.05) is 5.39 Å². The van der Waals surface area contributed by atoms with Crippen molar-refractivity contribution in [2.45, 2.75) is 30.8 Å². The Balaban J connectivity index is 1.63. The molecule has 2 aromatic carbocycles. The van der Waals surface area contributed by atoms with Gasteiger partial charge >= 0.3 is 6.55 Å². The first-order valence-corrected chi connectivity index (χ1v) is 10.1. The number of nitrogens with zero attached hydrogens (tertiary/aromatic N) is 5. The summed E-state index contributed by atoms with van der Waals surface area (Å²) in [6.45, 7) is 1.23. The lowest BCUT2D eigenvalue weighted by molar-refractivity contribution is 0.0715. The van der Waals surface area contributed by atoms with E-state index >= 15 is 0 Å². The molecule has 0 bridgehead atoms. The summed E-state index contributed by atoms with van der Waals surface area (Å²) < 4.78 is 30.6. The minimum absolute atomic E-state index is 0.319. The molecule has 0 N–H and O–H groups in total. The predicted molar refractivity (Wildman–Crippen MR) is 110 cm³/mol. The maximum Gasteiger partial charge on any atom is 0.320 e. The van der Waals surface area contributed by atoms with Crippen LogP contribution in [0.25, 0.3) is 27.6 Å². The summed E-state index contributed by atoms with van der Waals surface area (Å²) >= 11 is 1.37. The van der Waals surface area contributed by atoms with Crippen molar-refractivity contribution in [3.63, 3.8) is 0 Å². The van der Waals surface area contributed by atoms with E-state index in [4.69, 9.17) is 0 Å². The fraction of sp³-hybridized carbons (Fsp3) is 0.190. The Morgan fingerprint density at radius 2 is 1.69 bits per heavy atom. The molecule has 5 rings (SSSR count). The number of thioether (sulfide) groups is 1. The van der Waals surface area contributed by atoms with E-state index in [-0.39, 0.29) is 5.25 Å². The van der Waals surface area contributed by atoms with E-state index in [0.29, 0.717) is 22.0 Å². The van der Waals surface area contributed by atoms with Gasteiger partial charge in [0.1, 0.15) is 5.82 Å². The molecule has 5 nitrogen and oxygen atoms in total. The molecule has 0 fully saturated rings. The van der Waals surface area contributed by atoms with E-state index in [1.54, 1.807) is 24.3 Å². The average Bonchev–Trinajstić information content (AvgIpc) is 3.30. The third kappa shape index (κ3) is 2.86. The highest BCUT2D eigenvalue weighted by Gasteiger charge is 2.24. The fourth-order valence-electron chi connectivity index (χ4n) is 3.72. The molecular weight excluding hydrogens is 392 g/mol. The summed E-state index contributed by atoms with van der Waals surface area (Å²) in [5, 5.41) is 10.0. The highest BCUT2D eigenvalue weighted by Crippen LogP contribution is 2.38. The lowest BCUT2D eigenvalue weighted by atomic mass is 10.1. The van der Waals surface area contributed by atoms with Crippen LogP contribution in [-0.4, -0.2) is 24.1 Å². The summed E-state index contributed by atoms with van der Waals surface area (Å²) in [5.74, 6) is 0.319. The zero-order chi connectivity index (χ0) is 20.1. The van der Waals surface area contributed by atoms with E-state index in [0.717, 1.165) is 26.7 Å². The molecule has 0 aliphatic rings. The molecule has 0 saturated heterocycles. The summed E-state index contributed by atoms with van der Waals surface area (Å²) in [6.07, 6.45) is 0. The molecule has 3 heterocycles. The Morgan fingerprint density at radius 3 is 2.48 bits per heavy atom. The highest BCUT2D eigenvalue weighted by atomic mass is 32.2. The van der Waals surface area contributed by atoms with E-state index < -0.39 is 6.55 Å². The summed E-state index contributed by atoms with van der Waals surface area (Å²) in [4.78, 5) is 4.48. The Hall–Kier alpha value is -3.00. The Bertz CT molecular complexity index is 1360. The van der Waals surface area contributed by atoms with Crippen LogP contribution in [0.15, 0.2) is 59.8 Å². The van der Waals surface area contributed by atoms with Gasteiger partial charge in [-0.3, -0.25) is 8.97 Å². The summed E-state index contributed by atoms with van der Waals surface area (Å²) in [7, 11) is 0. The SMILES string of the molecule is Cc1cc2nnc(SC(C)c3nc4ccccc4n3C(F)F)n2c2ccccc12. The van der Waals surface area contributed by atoms with Crippen molar-refractivity contribution in [2.24, 2.45) is 0 Å². The lowest BCUT2D eigenvalue weighted by Gasteiger charge is -2.13. The van der Waals surface area contributed by atoms with Gasteiger partial charge < -0.3 is 0 Å². The molecule has 146 valence electrons. The van der Waals surface area contributed by atoms with Gasteiger partial charge in [-0.25, -0.2) is 4.98 Å². The number of halogens is 2. The number of benzene rings is 2. The first-order valence-electron chi connectivity index (χ1n) is 9.19. The van der Waals surface area contributed by atoms with Crippen molar-refractivity contribution in [3.05, 3.63) is 66.0 Å². The number of hydrogen-bond acceptors (Lipinski definition) is 4. The van der Waals surface area contributed by atoms with Crippen molar-refractivity contribution >= 4 is 39.3 Å². The number of aromatic nitrogens is 5. The first-order chi connectivity index (χ1) is 14.0. The molecular formula is C21H17F2N5S. The summed E-state index contributed by atoms with van der Waals surface area (Å²) in [6, 6.07) is 17.0. The van der Waals surface area contributed by atoms with Crippen LogP contribution in [0.3, 0.4) is 0 Å². The molecule has 3 aromatic heterocycles. The van der Waals surface area contributed by atoms with Gasteiger partial charge in [-0.15, -0.1) is 10.2 Å². The highest BCUT2D eigenvalue weighted by molar-refractivity contribution is 7.99. The molecule has 29 heavy (non-hydrogen) atoms. The van der Waals surface area contributed by atoms with Crippen LogP contribution in [0.5, 0.6) is 0 Å². The number of para-hydroxylation sites is 3. The third-order valence-corrected chi connectivity index (χ3v) is 6.08. The zero-order valence-corrected chi connectivity index (χ0v) is 16.6. The van der Waals surface area contributed by atoms with Gasteiger partial charge in [-0.05, 0) is 43.7 Å². The van der Waals surface area contributed by atoms with Gasteiger partial charge in [-0.2, -0.15) is 8.78 Å². The van der Waals surface area contributed by atoms with Crippen molar-refractivity contribution in [2.75, 3.05) is 0 Å². The average molecular weight is 409 g/mol. The molecule has 0 aliphatic heterocycles. The number of fused-ring (bicyclic) bond motifs is 4. The molecule has 1 unspecified atom stereocenters. The normalized spacial score (nSPS) is 13.1. The maximum absolute atomic E-state index is 13.8. The molecule has 0 spiro atoms. The van der Waals surface area contributed by atoms with E-state index in [2.05, 4.69) is 21.2 Å². The number of pyridine rings is 1. The van der Waals surface area contributed by atoms with Crippen molar-refractivity contribution in [1.82, 2.24) is 24.1 Å². The van der Waals surface area contributed by atoms with Crippen LogP contribution >= 0.6 is 11.8 Å². The molecule has 0 aliphatic carbocycles. The second-order valence-corrected chi connectivity index (χ2v) is 8.20. The standard InChI is InChI=1S/C21H17F2N5S/c1-12-11-18-25-26-21(27(18)16-9-5-3-7-14(12)16)29-13(2)19-24-15-8-4-6-10-17(15)28(19)20(22)23/h3-11,13,20H,1-2H3. The number of rotatable bonds is 4. The quantitative estimate of drug-likeness (QED) is 0.353. The van der Waals surface area contributed by atoms with Crippen LogP contribution in [0, 0.1) is 6.92 Å². The lowest BCUT2D eigenvalue weighted by Crippen LogP contribution is -2.06. The van der Waals surface area contributed by atoms with Gasteiger partial charge in [-0.1, -0.05) is 42.1 Å². The molecule has 1 atom stereocenters. The van der Waals surface area contributed by atoms with Crippen LogP contribution in [-0.2, 0) is 0 Å². The number of hydrogen-bond donors (Lipinski definition) is 0. The molecule has 0 radical (unpaired) electrons. The van der Waals surface area contributed by atoms with Gasteiger partial charge in [0.05, 0.1) is 21.8 Å². The van der Waals surface area contributed by atoms with Crippen molar-refractivity contribution < 1.29 is 8.78 Å². The Kier molecular flexibility index (Phi) is 4.24. The second kappa shape index (κ2) is 6.81. The van der Waals surface area contributed by atoms with Crippen molar-refractivity contribution in [1.29, 1.82) is 0 Å².